The van der Waals surface area contributed by atoms with Crippen LogP contribution < -0.4 is 10.6 Å². The average molecular weight is 383 g/mol. The van der Waals surface area contributed by atoms with Crippen molar-refractivity contribution in [2.75, 3.05) is 19.7 Å². The summed E-state index contributed by atoms with van der Waals surface area (Å²) in [5, 5.41) is 6.21. The van der Waals surface area contributed by atoms with Gasteiger partial charge in [-0.2, -0.15) is 13.2 Å². The highest BCUT2D eigenvalue weighted by atomic mass is 19.4. The van der Waals surface area contributed by atoms with Gasteiger partial charge in [0.25, 0.3) is 0 Å². The van der Waals surface area contributed by atoms with Crippen LogP contribution in [0.25, 0.3) is 0 Å². The zero-order valence-corrected chi connectivity index (χ0v) is 15.2. The lowest BCUT2D eigenvalue weighted by Gasteiger charge is -2.12. The van der Waals surface area contributed by atoms with E-state index in [0.717, 1.165) is 24.3 Å². The van der Waals surface area contributed by atoms with Crippen LogP contribution in [0.1, 0.15) is 30.2 Å². The Bertz CT molecular complexity index is 700. The summed E-state index contributed by atoms with van der Waals surface area (Å²) in [7, 11) is 0. The quantitative estimate of drug-likeness (QED) is 0.391. The van der Waals surface area contributed by atoms with Crippen molar-refractivity contribution in [3.63, 3.8) is 0 Å². The lowest BCUT2D eigenvalue weighted by Crippen LogP contribution is -2.38. The number of benzene rings is 1. The lowest BCUT2D eigenvalue weighted by molar-refractivity contribution is -0.137. The van der Waals surface area contributed by atoms with E-state index in [1.54, 1.807) is 12.3 Å². The first-order chi connectivity index (χ1) is 13.0. The van der Waals surface area contributed by atoms with Gasteiger partial charge in [-0.25, -0.2) is 4.99 Å². The maximum Gasteiger partial charge on any atom is 0.416 e. The number of furan rings is 1. The van der Waals surface area contributed by atoms with Crippen LogP contribution in [0.5, 0.6) is 0 Å². The molecule has 1 aromatic carbocycles. The molecule has 0 bridgehead atoms. The maximum absolute atomic E-state index is 12.8. The number of guanidine groups is 1. The van der Waals surface area contributed by atoms with Crippen LogP contribution in [-0.4, -0.2) is 25.7 Å². The molecule has 0 saturated heterocycles. The van der Waals surface area contributed by atoms with E-state index in [1.807, 2.05) is 19.1 Å². The summed E-state index contributed by atoms with van der Waals surface area (Å²) in [6.07, 6.45) is -1.99. The number of aliphatic imine (C=N–C) groups is 1. The Kier molecular flexibility index (Phi) is 8.19. The summed E-state index contributed by atoms with van der Waals surface area (Å²) < 4.78 is 49.0. The summed E-state index contributed by atoms with van der Waals surface area (Å²) in [5.74, 6) is 1.33. The second-order valence-corrected chi connectivity index (χ2v) is 5.81. The van der Waals surface area contributed by atoms with E-state index in [0.29, 0.717) is 37.8 Å². The molecule has 148 valence electrons. The van der Waals surface area contributed by atoms with Crippen LogP contribution in [0.3, 0.4) is 0 Å². The van der Waals surface area contributed by atoms with Crippen molar-refractivity contribution in [3.05, 3.63) is 59.5 Å². The first-order valence-electron chi connectivity index (χ1n) is 8.77. The molecule has 2 rings (SSSR count). The first-order valence-corrected chi connectivity index (χ1v) is 8.77. The van der Waals surface area contributed by atoms with Crippen molar-refractivity contribution in [2.24, 2.45) is 4.99 Å². The number of halogens is 3. The normalized spacial score (nSPS) is 12.2. The van der Waals surface area contributed by atoms with Gasteiger partial charge in [0, 0.05) is 19.7 Å². The molecule has 0 fully saturated rings. The van der Waals surface area contributed by atoms with E-state index in [9.17, 15) is 13.2 Å². The Balaban J connectivity index is 1.76. The molecular formula is C19H24F3N3O2. The highest BCUT2D eigenvalue weighted by Gasteiger charge is 2.30. The van der Waals surface area contributed by atoms with Gasteiger partial charge in [-0.3, -0.25) is 0 Å². The molecule has 0 radical (unpaired) electrons. The summed E-state index contributed by atoms with van der Waals surface area (Å²) in [6, 6.07) is 8.86. The Labute approximate surface area is 156 Å². The molecular weight excluding hydrogens is 359 g/mol. The molecule has 0 saturated carbocycles. The van der Waals surface area contributed by atoms with E-state index < -0.39 is 11.7 Å². The molecule has 1 heterocycles. The minimum atomic E-state index is -4.35. The molecule has 0 aliphatic rings. The Morgan fingerprint density at radius 1 is 1.19 bits per heavy atom. The van der Waals surface area contributed by atoms with Crippen molar-refractivity contribution in [3.8, 4) is 0 Å². The molecule has 0 unspecified atom stereocenters. The zero-order valence-electron chi connectivity index (χ0n) is 15.2. The van der Waals surface area contributed by atoms with Crippen LogP contribution in [0.4, 0.5) is 13.2 Å². The molecule has 0 aliphatic carbocycles. The molecule has 2 aromatic rings. The summed E-state index contributed by atoms with van der Waals surface area (Å²) in [4.78, 5) is 4.34. The van der Waals surface area contributed by atoms with E-state index >= 15 is 0 Å². The third-order valence-corrected chi connectivity index (χ3v) is 3.60. The predicted octanol–water partition coefficient (Wildman–Crippen LogP) is 3.96. The third-order valence-electron chi connectivity index (χ3n) is 3.60. The predicted molar refractivity (Wildman–Crippen MR) is 97.2 cm³/mol. The van der Waals surface area contributed by atoms with Crippen LogP contribution >= 0.6 is 0 Å². The van der Waals surface area contributed by atoms with E-state index in [-0.39, 0.29) is 6.54 Å². The lowest BCUT2D eigenvalue weighted by atomic mass is 10.1. The number of alkyl halides is 3. The molecule has 0 spiro atoms. The van der Waals surface area contributed by atoms with Crippen molar-refractivity contribution in [1.29, 1.82) is 0 Å². The number of nitrogens with one attached hydrogen (secondary N) is 2. The zero-order chi connectivity index (χ0) is 19.5. The fourth-order valence-electron chi connectivity index (χ4n) is 2.31. The smallest absolute Gasteiger partial charge is 0.416 e. The van der Waals surface area contributed by atoms with Crippen LogP contribution in [0.15, 0.2) is 52.1 Å². The second kappa shape index (κ2) is 10.6. The van der Waals surface area contributed by atoms with Crippen molar-refractivity contribution in [2.45, 2.75) is 32.7 Å². The summed E-state index contributed by atoms with van der Waals surface area (Å²) in [5.41, 5.74) is -0.161. The van der Waals surface area contributed by atoms with Gasteiger partial charge in [0.1, 0.15) is 12.4 Å². The molecule has 0 aliphatic heterocycles. The molecule has 8 heteroatoms. The standard InChI is InChI=1S/C19H24F3N3O2/c1-2-23-18(24-9-5-10-26-14-17-8-4-11-27-17)25-13-15-6-3-7-16(12-15)19(20,21)22/h3-4,6-8,11-12H,2,5,9-10,13-14H2,1H3,(H2,23,24,25). The molecule has 5 nitrogen and oxygen atoms in total. The van der Waals surface area contributed by atoms with Crippen LogP contribution in [0.2, 0.25) is 0 Å². The van der Waals surface area contributed by atoms with Crippen molar-refractivity contribution < 1.29 is 22.3 Å². The highest BCUT2D eigenvalue weighted by Crippen LogP contribution is 2.29. The van der Waals surface area contributed by atoms with Gasteiger partial charge in [-0.05, 0) is 43.2 Å². The van der Waals surface area contributed by atoms with Gasteiger partial charge in [-0.15, -0.1) is 0 Å². The molecule has 27 heavy (non-hydrogen) atoms. The van der Waals surface area contributed by atoms with Gasteiger partial charge in [0.15, 0.2) is 5.96 Å². The summed E-state index contributed by atoms with van der Waals surface area (Å²) >= 11 is 0. The van der Waals surface area contributed by atoms with Crippen molar-refractivity contribution >= 4 is 5.96 Å². The van der Waals surface area contributed by atoms with Crippen LogP contribution in [0, 0.1) is 0 Å². The fraction of sp³-hybridized carbons (Fsp3) is 0.421. The summed E-state index contributed by atoms with van der Waals surface area (Å²) in [6.45, 7) is 4.36. The van der Waals surface area contributed by atoms with Gasteiger partial charge in [0.05, 0.1) is 18.4 Å². The van der Waals surface area contributed by atoms with Gasteiger partial charge in [-0.1, -0.05) is 12.1 Å². The number of hydrogen-bond donors (Lipinski definition) is 2. The molecule has 0 amide bonds. The minimum absolute atomic E-state index is 0.161. The maximum atomic E-state index is 12.8. The van der Waals surface area contributed by atoms with Gasteiger partial charge < -0.3 is 19.8 Å². The van der Waals surface area contributed by atoms with E-state index in [2.05, 4.69) is 15.6 Å². The minimum Gasteiger partial charge on any atom is -0.467 e. The van der Waals surface area contributed by atoms with Crippen LogP contribution in [-0.2, 0) is 24.1 Å². The van der Waals surface area contributed by atoms with E-state index in [4.69, 9.17) is 9.15 Å². The fourth-order valence-corrected chi connectivity index (χ4v) is 2.31. The number of ether oxygens (including phenoxy) is 1. The Morgan fingerprint density at radius 3 is 2.74 bits per heavy atom. The SMILES string of the molecule is CCNC(=NCc1cccc(C(F)(F)F)c1)NCCCOCc1ccco1. The number of nitrogens with zero attached hydrogens (tertiary/aromatic N) is 1. The largest absolute Gasteiger partial charge is 0.467 e. The molecule has 2 N–H and O–H groups in total. The average Bonchev–Trinajstić information content (AvgIpc) is 3.15. The Morgan fingerprint density at radius 2 is 2.04 bits per heavy atom. The topological polar surface area (TPSA) is 58.8 Å². The number of hydrogen-bond acceptors (Lipinski definition) is 3. The number of rotatable bonds is 9. The molecule has 0 atom stereocenters. The highest BCUT2D eigenvalue weighted by molar-refractivity contribution is 5.79. The van der Waals surface area contributed by atoms with Gasteiger partial charge >= 0.3 is 6.18 Å². The second-order valence-electron chi connectivity index (χ2n) is 5.81. The molecule has 1 aromatic heterocycles. The monoisotopic (exact) mass is 383 g/mol. The Hall–Kier alpha value is -2.48. The first kappa shape index (κ1) is 20.8. The third kappa shape index (κ3) is 7.74. The van der Waals surface area contributed by atoms with Gasteiger partial charge in [0.2, 0.25) is 0 Å². The van der Waals surface area contributed by atoms with E-state index in [1.165, 1.54) is 6.07 Å². The van der Waals surface area contributed by atoms with Crippen molar-refractivity contribution in [1.82, 2.24) is 10.6 Å².